The van der Waals surface area contributed by atoms with Gasteiger partial charge in [0.2, 0.25) is 5.91 Å². The average Bonchev–Trinajstić information content (AvgIpc) is 2.49. The third-order valence-corrected chi connectivity index (χ3v) is 5.00. The number of hydrogen-bond donors (Lipinski definition) is 1. The zero-order valence-corrected chi connectivity index (χ0v) is 15.4. The monoisotopic (exact) mass is 462 g/mol. The molecular formula is C14H9Br2FN2O3S. The van der Waals surface area contributed by atoms with E-state index in [1.165, 1.54) is 18.2 Å². The van der Waals surface area contributed by atoms with Crippen LogP contribution in [0.15, 0.2) is 50.2 Å². The van der Waals surface area contributed by atoms with Gasteiger partial charge in [-0.05, 0) is 44.0 Å². The smallest absolute Gasteiger partial charge is 0.271 e. The van der Waals surface area contributed by atoms with Crippen LogP contribution in [-0.4, -0.2) is 16.6 Å². The van der Waals surface area contributed by atoms with Gasteiger partial charge in [-0.15, -0.1) is 11.8 Å². The molecule has 0 aliphatic rings. The number of amides is 1. The third-order valence-electron chi connectivity index (χ3n) is 2.70. The second kappa shape index (κ2) is 7.89. The molecule has 0 fully saturated rings. The van der Waals surface area contributed by atoms with E-state index >= 15 is 0 Å². The summed E-state index contributed by atoms with van der Waals surface area (Å²) in [6, 6.07) is 8.76. The number of anilines is 1. The van der Waals surface area contributed by atoms with Crippen LogP contribution in [0.4, 0.5) is 15.8 Å². The fourth-order valence-electron chi connectivity index (χ4n) is 1.67. The molecule has 0 atom stereocenters. The first-order valence-corrected chi connectivity index (χ1v) is 8.76. The number of non-ortho nitro benzene ring substituents is 1. The molecule has 2 rings (SSSR count). The molecule has 0 bridgehead atoms. The molecule has 0 aliphatic heterocycles. The molecule has 0 aliphatic carbocycles. The molecule has 1 amide bonds. The first-order valence-electron chi connectivity index (χ1n) is 6.19. The van der Waals surface area contributed by atoms with E-state index in [9.17, 15) is 19.3 Å². The highest BCUT2D eigenvalue weighted by molar-refractivity contribution is 9.11. The maximum Gasteiger partial charge on any atom is 0.271 e. The maximum absolute atomic E-state index is 13.5. The minimum Gasteiger partial charge on any atom is -0.323 e. The van der Waals surface area contributed by atoms with Gasteiger partial charge in [-0.25, -0.2) is 4.39 Å². The van der Waals surface area contributed by atoms with Crippen molar-refractivity contribution in [1.82, 2.24) is 0 Å². The van der Waals surface area contributed by atoms with E-state index in [1.807, 2.05) is 0 Å². The number of nitro groups is 1. The second-order valence-corrected chi connectivity index (χ2v) is 7.03. The Labute approximate surface area is 152 Å². The van der Waals surface area contributed by atoms with Gasteiger partial charge in [-0.2, -0.15) is 0 Å². The lowest BCUT2D eigenvalue weighted by molar-refractivity contribution is -0.385. The van der Waals surface area contributed by atoms with Gasteiger partial charge in [0.1, 0.15) is 5.82 Å². The minimum atomic E-state index is -0.533. The van der Waals surface area contributed by atoms with Crippen molar-refractivity contribution in [3.05, 3.63) is 61.3 Å². The van der Waals surface area contributed by atoms with Crippen molar-refractivity contribution < 1.29 is 14.1 Å². The van der Waals surface area contributed by atoms with Crippen molar-refractivity contribution in [2.24, 2.45) is 0 Å². The lowest BCUT2D eigenvalue weighted by Gasteiger charge is -2.10. The molecular weight excluding hydrogens is 455 g/mol. The predicted molar refractivity (Wildman–Crippen MR) is 94.3 cm³/mol. The molecule has 0 unspecified atom stereocenters. The Morgan fingerprint density at radius 3 is 2.43 bits per heavy atom. The lowest BCUT2D eigenvalue weighted by Crippen LogP contribution is -2.15. The molecule has 0 spiro atoms. The Morgan fingerprint density at radius 2 is 1.87 bits per heavy atom. The molecule has 1 N–H and O–H groups in total. The molecule has 23 heavy (non-hydrogen) atoms. The van der Waals surface area contributed by atoms with E-state index in [0.717, 1.165) is 11.8 Å². The number of benzene rings is 2. The van der Waals surface area contributed by atoms with Crippen molar-refractivity contribution in [3.8, 4) is 0 Å². The van der Waals surface area contributed by atoms with Gasteiger partial charge in [-0.1, -0.05) is 12.1 Å². The highest BCUT2D eigenvalue weighted by Crippen LogP contribution is 2.35. The van der Waals surface area contributed by atoms with Crippen molar-refractivity contribution in [2.45, 2.75) is 4.90 Å². The Hall–Kier alpha value is -1.45. The first kappa shape index (κ1) is 17.9. The SMILES string of the molecule is O=C(CSc1ccccc1F)Nc1c(Br)cc([N+](=O)[O-])cc1Br. The molecule has 0 radical (unpaired) electrons. The van der Waals surface area contributed by atoms with Crippen LogP contribution in [0.3, 0.4) is 0 Å². The molecule has 2 aromatic carbocycles. The van der Waals surface area contributed by atoms with Crippen molar-refractivity contribution >= 4 is 60.9 Å². The number of halogens is 3. The Kier molecular flexibility index (Phi) is 6.14. The number of rotatable bonds is 5. The van der Waals surface area contributed by atoms with Crippen LogP contribution in [0.25, 0.3) is 0 Å². The normalized spacial score (nSPS) is 10.4. The summed E-state index contributed by atoms with van der Waals surface area (Å²) in [6.45, 7) is 0. The molecule has 0 saturated heterocycles. The van der Waals surface area contributed by atoms with Gasteiger partial charge in [0.25, 0.3) is 5.69 Å². The number of carbonyl (C=O) groups is 1. The van der Waals surface area contributed by atoms with Crippen LogP contribution in [0.5, 0.6) is 0 Å². The van der Waals surface area contributed by atoms with Crippen LogP contribution < -0.4 is 5.32 Å². The summed E-state index contributed by atoms with van der Waals surface area (Å²) in [6.07, 6.45) is 0. The molecule has 9 heteroatoms. The molecule has 0 aromatic heterocycles. The standard InChI is InChI=1S/C14H9Br2FN2O3S/c15-9-5-8(19(21)22)6-10(16)14(9)18-13(20)7-23-12-4-2-1-3-11(12)17/h1-6H,7H2,(H,18,20). The summed E-state index contributed by atoms with van der Waals surface area (Å²) < 4.78 is 14.2. The quantitative estimate of drug-likeness (QED) is 0.385. The topological polar surface area (TPSA) is 72.2 Å². The molecule has 0 saturated carbocycles. The van der Waals surface area contributed by atoms with Crippen LogP contribution in [0.1, 0.15) is 0 Å². The minimum absolute atomic E-state index is 0.0107. The van der Waals surface area contributed by atoms with Gasteiger partial charge in [-0.3, -0.25) is 14.9 Å². The summed E-state index contributed by atoms with van der Waals surface area (Å²) in [7, 11) is 0. The number of thioether (sulfide) groups is 1. The largest absolute Gasteiger partial charge is 0.323 e. The van der Waals surface area contributed by atoms with E-state index in [1.54, 1.807) is 18.2 Å². The Morgan fingerprint density at radius 1 is 1.26 bits per heavy atom. The highest BCUT2D eigenvalue weighted by Gasteiger charge is 2.16. The molecule has 120 valence electrons. The van der Waals surface area contributed by atoms with Crippen molar-refractivity contribution in [1.29, 1.82) is 0 Å². The van der Waals surface area contributed by atoms with E-state index in [4.69, 9.17) is 0 Å². The lowest BCUT2D eigenvalue weighted by atomic mass is 10.3. The zero-order valence-electron chi connectivity index (χ0n) is 11.4. The van der Waals surface area contributed by atoms with Gasteiger partial charge >= 0.3 is 0 Å². The van der Waals surface area contributed by atoms with E-state index in [0.29, 0.717) is 19.5 Å². The van der Waals surface area contributed by atoms with Crippen LogP contribution >= 0.6 is 43.6 Å². The molecule has 2 aromatic rings. The summed E-state index contributed by atoms with van der Waals surface area (Å²) >= 11 is 7.44. The zero-order chi connectivity index (χ0) is 17.0. The summed E-state index contributed by atoms with van der Waals surface area (Å²) in [4.78, 5) is 22.6. The predicted octanol–water partition coefficient (Wildman–Crippen LogP) is 4.99. The fourth-order valence-corrected chi connectivity index (χ4v) is 3.77. The first-order chi connectivity index (χ1) is 10.9. The molecule has 0 heterocycles. The van der Waals surface area contributed by atoms with Crippen LogP contribution in [0, 0.1) is 15.9 Å². The number of nitrogens with one attached hydrogen (secondary N) is 1. The van der Waals surface area contributed by atoms with Gasteiger partial charge < -0.3 is 5.32 Å². The fraction of sp³-hybridized carbons (Fsp3) is 0.0714. The highest BCUT2D eigenvalue weighted by atomic mass is 79.9. The van der Waals surface area contributed by atoms with E-state index < -0.39 is 4.92 Å². The van der Waals surface area contributed by atoms with Gasteiger partial charge in [0.15, 0.2) is 0 Å². The molecule has 5 nitrogen and oxygen atoms in total. The average molecular weight is 464 g/mol. The summed E-state index contributed by atoms with van der Waals surface area (Å²) in [5.74, 6) is -0.729. The third kappa shape index (κ3) is 4.76. The summed E-state index contributed by atoms with van der Waals surface area (Å²) in [5, 5.41) is 13.4. The summed E-state index contributed by atoms with van der Waals surface area (Å²) in [5.41, 5.74) is 0.275. The Balaban J connectivity index is 2.06. The number of hydrogen-bond acceptors (Lipinski definition) is 4. The van der Waals surface area contributed by atoms with Gasteiger partial charge in [0, 0.05) is 26.0 Å². The maximum atomic E-state index is 13.5. The van der Waals surface area contributed by atoms with Crippen molar-refractivity contribution in [3.63, 3.8) is 0 Å². The number of carbonyl (C=O) groups excluding carboxylic acids is 1. The van der Waals surface area contributed by atoms with Gasteiger partial charge in [0.05, 0.1) is 16.4 Å². The second-order valence-electron chi connectivity index (χ2n) is 4.31. The van der Waals surface area contributed by atoms with Crippen LogP contribution in [0.2, 0.25) is 0 Å². The number of nitro benzene ring substituents is 1. The van der Waals surface area contributed by atoms with E-state index in [2.05, 4.69) is 37.2 Å². The number of nitrogens with zero attached hydrogens (tertiary/aromatic N) is 1. The van der Waals surface area contributed by atoms with Crippen molar-refractivity contribution in [2.75, 3.05) is 11.1 Å². The Bertz CT molecular complexity index is 750. The van der Waals surface area contributed by atoms with Crippen LogP contribution in [-0.2, 0) is 4.79 Å². The van der Waals surface area contributed by atoms with E-state index in [-0.39, 0.29) is 23.2 Å².